The van der Waals surface area contributed by atoms with E-state index < -0.39 is 24.0 Å². The van der Waals surface area contributed by atoms with Gasteiger partial charge in [-0.2, -0.15) is 0 Å². The van der Waals surface area contributed by atoms with E-state index in [9.17, 15) is 19.5 Å². The van der Waals surface area contributed by atoms with Crippen LogP contribution in [0.2, 0.25) is 0 Å². The maximum atomic E-state index is 13.7. The van der Waals surface area contributed by atoms with Gasteiger partial charge in [0.1, 0.15) is 11.9 Å². The van der Waals surface area contributed by atoms with Gasteiger partial charge >= 0.3 is 0 Å². The minimum absolute atomic E-state index is 0.112. The Morgan fingerprint density at radius 3 is 2.66 bits per heavy atom. The molecule has 0 spiro atoms. The number of nitrogens with zero attached hydrogens (tertiary/aromatic N) is 2. The van der Waals surface area contributed by atoms with Crippen LogP contribution in [0.3, 0.4) is 0 Å². The first-order valence-corrected chi connectivity index (χ1v) is 13.9. The Kier molecular flexibility index (Phi) is 7.80. The Balaban J connectivity index is 1.35. The second-order valence-corrected chi connectivity index (χ2v) is 10.4. The number of rotatable bonds is 3. The summed E-state index contributed by atoms with van der Waals surface area (Å²) < 4.78 is 23.0. The molecule has 1 aromatic heterocycles. The third-order valence-electron chi connectivity index (χ3n) is 7.67. The Morgan fingerprint density at radius 2 is 1.84 bits per heavy atom. The number of likely N-dealkylation sites (tertiary alicyclic amines) is 1. The van der Waals surface area contributed by atoms with Gasteiger partial charge in [-0.1, -0.05) is 12.1 Å². The van der Waals surface area contributed by atoms with Crippen LogP contribution < -0.4 is 29.6 Å². The number of hydrogen-bond donors (Lipinski definition) is 3. The molecule has 2 atom stereocenters. The van der Waals surface area contributed by atoms with Gasteiger partial charge in [-0.3, -0.25) is 19.4 Å². The molecule has 3 aliphatic rings. The Morgan fingerprint density at radius 1 is 1.00 bits per heavy atom. The second kappa shape index (κ2) is 12.0. The topological polar surface area (TPSA) is 149 Å². The number of phenolic OH excluding ortho intramolecular Hbond substituents is 1. The van der Waals surface area contributed by atoms with E-state index in [-0.39, 0.29) is 54.8 Å². The smallest absolute Gasteiger partial charge is 0.258 e. The molecule has 7 rings (SSSR count). The molecule has 226 valence electrons. The molecule has 0 radical (unpaired) electrons. The fourth-order valence-corrected chi connectivity index (χ4v) is 5.35. The van der Waals surface area contributed by atoms with E-state index in [0.717, 1.165) is 5.56 Å². The summed E-state index contributed by atoms with van der Waals surface area (Å²) in [7, 11) is 2.97. The highest BCUT2D eigenvalue weighted by molar-refractivity contribution is 6.03. The van der Waals surface area contributed by atoms with Crippen molar-refractivity contribution >= 4 is 28.5 Å². The normalized spacial score (nSPS) is 18.4. The summed E-state index contributed by atoms with van der Waals surface area (Å²) >= 11 is 0. The van der Waals surface area contributed by atoms with E-state index in [2.05, 4.69) is 15.6 Å². The quantitative estimate of drug-likeness (QED) is 0.324. The summed E-state index contributed by atoms with van der Waals surface area (Å²) in [6.07, 6.45) is 2.49. The Bertz CT molecular complexity index is 1760. The molecule has 3 aliphatic heterocycles. The molecule has 0 aliphatic carbocycles. The summed E-state index contributed by atoms with van der Waals surface area (Å²) in [6.45, 7) is 0.159. The van der Waals surface area contributed by atoms with Gasteiger partial charge in [0.15, 0.2) is 29.6 Å². The molecule has 1 fully saturated rings. The molecule has 12 nitrogen and oxygen atoms in total. The first-order valence-electron chi connectivity index (χ1n) is 13.9. The number of ether oxygens (including phenoxy) is 4. The number of fused-ring (bicyclic) bond motifs is 8. The molecule has 44 heavy (non-hydrogen) atoms. The SMILES string of the molecule is COc1ccc2cc1OCC(=O)NCc1ccc(c(OC)c1)O[C@H]1CN(C(=O)c3ccc4cnccc4c3O)C[C@@H]1NC2=O. The van der Waals surface area contributed by atoms with E-state index in [1.807, 2.05) is 0 Å². The molecule has 4 bridgehead atoms. The molecule has 1 saturated heterocycles. The van der Waals surface area contributed by atoms with Gasteiger partial charge in [-0.25, -0.2) is 0 Å². The molecule has 4 aromatic rings. The summed E-state index contributed by atoms with van der Waals surface area (Å²) in [5.74, 6) is 0.0518. The average molecular weight is 599 g/mol. The van der Waals surface area contributed by atoms with Gasteiger partial charge in [-0.05, 0) is 48.0 Å². The van der Waals surface area contributed by atoms with Crippen molar-refractivity contribution in [1.29, 1.82) is 0 Å². The second-order valence-electron chi connectivity index (χ2n) is 10.4. The van der Waals surface area contributed by atoms with E-state index in [4.69, 9.17) is 18.9 Å². The summed E-state index contributed by atoms with van der Waals surface area (Å²) in [6, 6.07) is 14.2. The van der Waals surface area contributed by atoms with Gasteiger partial charge in [0.25, 0.3) is 17.7 Å². The minimum atomic E-state index is -0.668. The number of pyridine rings is 1. The van der Waals surface area contributed by atoms with Crippen LogP contribution in [-0.2, 0) is 11.3 Å². The van der Waals surface area contributed by atoms with Crippen LogP contribution >= 0.6 is 0 Å². The predicted molar refractivity (Wildman–Crippen MR) is 158 cm³/mol. The van der Waals surface area contributed by atoms with Gasteiger partial charge in [-0.15, -0.1) is 0 Å². The maximum Gasteiger partial charge on any atom is 0.258 e. The van der Waals surface area contributed by atoms with Crippen LogP contribution in [0.15, 0.2) is 67.0 Å². The van der Waals surface area contributed by atoms with Crippen LogP contribution in [0, 0.1) is 0 Å². The summed E-state index contributed by atoms with van der Waals surface area (Å²) in [5, 5.41) is 18.0. The van der Waals surface area contributed by atoms with E-state index in [0.29, 0.717) is 28.0 Å². The van der Waals surface area contributed by atoms with Crippen molar-refractivity contribution in [3.05, 3.63) is 83.7 Å². The van der Waals surface area contributed by atoms with Crippen molar-refractivity contribution in [2.45, 2.75) is 18.7 Å². The first kappa shape index (κ1) is 28.6. The monoisotopic (exact) mass is 598 g/mol. The van der Waals surface area contributed by atoms with Crippen LogP contribution in [0.4, 0.5) is 0 Å². The lowest BCUT2D eigenvalue weighted by molar-refractivity contribution is -0.123. The summed E-state index contributed by atoms with van der Waals surface area (Å²) in [5.41, 5.74) is 1.16. The van der Waals surface area contributed by atoms with Gasteiger partial charge < -0.3 is 39.6 Å². The zero-order valence-electron chi connectivity index (χ0n) is 24.0. The number of amides is 3. The highest BCUT2D eigenvalue weighted by Crippen LogP contribution is 2.34. The molecule has 0 saturated carbocycles. The van der Waals surface area contributed by atoms with Gasteiger partial charge in [0.05, 0.1) is 32.4 Å². The molecule has 3 N–H and O–H groups in total. The number of methoxy groups -OCH3 is 2. The largest absolute Gasteiger partial charge is 0.506 e. The van der Waals surface area contributed by atoms with Crippen molar-refractivity contribution in [3.8, 4) is 28.7 Å². The number of carbonyl (C=O) groups is 3. The standard InChI is InChI=1S/C32H30N4O8/c1-41-24-8-5-19-12-27(24)43-17-29(37)34-13-18-3-7-25(26(11-18)42-2)44-28-16-36(15-23(28)35-31(19)39)32(40)22-6-4-20-14-33-10-9-21(20)30(22)38/h3-12,14,23,28,38H,13,15-17H2,1-2H3,(H,34,37)(H,35,39)/t23-,28-/m0/s1. The number of nitrogens with one attached hydrogen (secondary N) is 2. The third kappa shape index (κ3) is 5.61. The predicted octanol–water partition coefficient (Wildman–Crippen LogP) is 2.67. The lowest BCUT2D eigenvalue weighted by atomic mass is 10.1. The van der Waals surface area contributed by atoms with Crippen molar-refractivity contribution in [3.63, 3.8) is 0 Å². The van der Waals surface area contributed by atoms with Crippen LogP contribution in [0.25, 0.3) is 10.8 Å². The molecular weight excluding hydrogens is 568 g/mol. The number of hydrogen-bond acceptors (Lipinski definition) is 9. The highest BCUT2D eigenvalue weighted by atomic mass is 16.5. The van der Waals surface area contributed by atoms with Crippen molar-refractivity contribution in [2.75, 3.05) is 33.9 Å². The molecule has 0 unspecified atom stereocenters. The average Bonchev–Trinajstić information content (AvgIpc) is 3.44. The minimum Gasteiger partial charge on any atom is -0.506 e. The number of benzene rings is 3. The fourth-order valence-electron chi connectivity index (χ4n) is 5.35. The van der Waals surface area contributed by atoms with Gasteiger partial charge in [0, 0.05) is 41.8 Å². The Hall–Kier alpha value is -5.52. The Labute approximate surface area is 252 Å². The zero-order valence-corrected chi connectivity index (χ0v) is 24.0. The van der Waals surface area contributed by atoms with Crippen molar-refractivity contribution in [1.82, 2.24) is 20.5 Å². The number of aromatic nitrogens is 1. The third-order valence-corrected chi connectivity index (χ3v) is 7.67. The van der Waals surface area contributed by atoms with E-state index in [1.54, 1.807) is 60.9 Å². The van der Waals surface area contributed by atoms with Crippen molar-refractivity contribution < 1.29 is 38.4 Å². The maximum absolute atomic E-state index is 13.7. The molecule has 4 heterocycles. The first-order chi connectivity index (χ1) is 21.3. The lowest BCUT2D eigenvalue weighted by Crippen LogP contribution is -2.45. The van der Waals surface area contributed by atoms with E-state index in [1.165, 1.54) is 25.2 Å². The van der Waals surface area contributed by atoms with Crippen LogP contribution in [0.5, 0.6) is 28.7 Å². The molecule has 12 heteroatoms. The lowest BCUT2D eigenvalue weighted by Gasteiger charge is -2.22. The highest BCUT2D eigenvalue weighted by Gasteiger charge is 2.39. The molecule has 3 amide bonds. The fraction of sp³-hybridized carbons (Fsp3) is 0.250. The molecule has 3 aromatic carbocycles. The number of phenols is 1. The zero-order chi connectivity index (χ0) is 30.8. The molecular formula is C32H30N4O8. The van der Waals surface area contributed by atoms with Gasteiger partial charge in [0.2, 0.25) is 0 Å². The number of aromatic hydroxyl groups is 1. The summed E-state index contributed by atoms with van der Waals surface area (Å²) in [4.78, 5) is 45.3. The van der Waals surface area contributed by atoms with Crippen molar-refractivity contribution in [2.24, 2.45) is 0 Å². The van der Waals surface area contributed by atoms with E-state index >= 15 is 0 Å². The van der Waals surface area contributed by atoms with Crippen LogP contribution in [0.1, 0.15) is 26.3 Å². The number of carbonyl (C=O) groups excluding carboxylic acids is 3. The van der Waals surface area contributed by atoms with Crippen LogP contribution in [-0.4, -0.2) is 78.8 Å².